The summed E-state index contributed by atoms with van der Waals surface area (Å²) in [7, 11) is 1.46. The monoisotopic (exact) mass is 285 g/mol. The third-order valence-electron chi connectivity index (χ3n) is 3.89. The first kappa shape index (κ1) is 17.4. The molecule has 0 heterocycles. The summed E-state index contributed by atoms with van der Waals surface area (Å²) in [6.07, 6.45) is 4.91. The van der Waals surface area contributed by atoms with Gasteiger partial charge in [0.05, 0.1) is 13.2 Å². The summed E-state index contributed by atoms with van der Waals surface area (Å²) in [6.45, 7) is 9.36. The van der Waals surface area contributed by atoms with Gasteiger partial charge in [-0.05, 0) is 45.4 Å². The van der Waals surface area contributed by atoms with Crippen LogP contribution in [0.15, 0.2) is 0 Å². The van der Waals surface area contributed by atoms with Gasteiger partial charge in [0.25, 0.3) is 0 Å². The fraction of sp³-hybridized carbons (Fsp3) is 0.938. The molecule has 0 aromatic carbocycles. The molecule has 1 aliphatic carbocycles. The Labute approximate surface area is 123 Å². The van der Waals surface area contributed by atoms with Crippen molar-refractivity contribution >= 4 is 5.97 Å². The van der Waals surface area contributed by atoms with E-state index >= 15 is 0 Å². The van der Waals surface area contributed by atoms with Crippen LogP contribution in [-0.4, -0.2) is 37.4 Å². The Kier molecular flexibility index (Phi) is 6.96. The van der Waals surface area contributed by atoms with Crippen LogP contribution in [0.4, 0.5) is 0 Å². The predicted octanol–water partition coefficient (Wildman–Crippen LogP) is 2.90. The summed E-state index contributed by atoms with van der Waals surface area (Å²) in [5.74, 6) is 0.568. The Morgan fingerprint density at radius 1 is 1.35 bits per heavy atom. The average Bonchev–Trinajstić information content (AvgIpc) is 2.77. The van der Waals surface area contributed by atoms with Crippen molar-refractivity contribution in [1.29, 1.82) is 0 Å². The summed E-state index contributed by atoms with van der Waals surface area (Å²) < 4.78 is 10.9. The molecule has 1 aliphatic rings. The molecule has 1 saturated carbocycles. The third kappa shape index (κ3) is 5.06. The number of carbonyl (C=O) groups excluding carboxylic acids is 1. The van der Waals surface area contributed by atoms with E-state index in [0.29, 0.717) is 0 Å². The van der Waals surface area contributed by atoms with Gasteiger partial charge >= 0.3 is 5.97 Å². The number of hydrogen-bond donors (Lipinski definition) is 1. The van der Waals surface area contributed by atoms with Gasteiger partial charge in [0, 0.05) is 19.1 Å². The molecule has 0 spiro atoms. The first-order valence-electron chi connectivity index (χ1n) is 7.87. The Bertz CT molecular complexity index is 304. The van der Waals surface area contributed by atoms with Crippen LogP contribution in [0.25, 0.3) is 0 Å². The number of nitrogens with one attached hydrogen (secondary N) is 1. The van der Waals surface area contributed by atoms with Gasteiger partial charge in [-0.1, -0.05) is 13.8 Å². The molecule has 0 aromatic heterocycles. The van der Waals surface area contributed by atoms with Gasteiger partial charge in [0.1, 0.15) is 5.54 Å². The number of methoxy groups -OCH3 is 1. The largest absolute Gasteiger partial charge is 0.468 e. The highest BCUT2D eigenvalue weighted by Crippen LogP contribution is 2.33. The van der Waals surface area contributed by atoms with Crippen LogP contribution in [0, 0.1) is 5.92 Å². The lowest BCUT2D eigenvalue weighted by Crippen LogP contribution is -2.53. The summed E-state index contributed by atoms with van der Waals surface area (Å²) in [4.78, 5) is 12.1. The number of ether oxygens (including phenoxy) is 2. The van der Waals surface area contributed by atoms with Crippen molar-refractivity contribution in [2.75, 3.05) is 13.7 Å². The molecule has 0 saturated heterocycles. The number of rotatable bonds is 8. The second-order valence-corrected chi connectivity index (χ2v) is 6.64. The first-order valence-corrected chi connectivity index (χ1v) is 7.87. The molecule has 0 bridgehead atoms. The minimum atomic E-state index is -0.550. The minimum Gasteiger partial charge on any atom is -0.468 e. The van der Waals surface area contributed by atoms with Crippen molar-refractivity contribution in [3.63, 3.8) is 0 Å². The van der Waals surface area contributed by atoms with Gasteiger partial charge in [-0.3, -0.25) is 10.1 Å². The van der Waals surface area contributed by atoms with Crippen molar-refractivity contribution in [3.05, 3.63) is 0 Å². The molecule has 118 valence electrons. The van der Waals surface area contributed by atoms with E-state index in [4.69, 9.17) is 9.47 Å². The molecule has 0 aromatic rings. The van der Waals surface area contributed by atoms with Crippen LogP contribution < -0.4 is 5.32 Å². The Morgan fingerprint density at radius 3 is 2.60 bits per heavy atom. The van der Waals surface area contributed by atoms with E-state index in [1.54, 1.807) is 0 Å². The highest BCUT2D eigenvalue weighted by atomic mass is 16.5. The van der Waals surface area contributed by atoms with E-state index in [9.17, 15) is 4.79 Å². The van der Waals surface area contributed by atoms with E-state index in [1.807, 2.05) is 0 Å². The predicted molar refractivity (Wildman–Crippen MR) is 80.7 cm³/mol. The standard InChI is InChI=1S/C16H31NO3/c1-12(2)7-6-10-20-14-8-9-16(11-14,15(18)19-5)17-13(3)4/h12-14,17H,6-11H2,1-5H3. The Morgan fingerprint density at radius 2 is 2.05 bits per heavy atom. The van der Waals surface area contributed by atoms with Crippen molar-refractivity contribution in [2.45, 2.75) is 77.5 Å². The van der Waals surface area contributed by atoms with Crippen LogP contribution >= 0.6 is 0 Å². The molecular formula is C16H31NO3. The van der Waals surface area contributed by atoms with E-state index < -0.39 is 5.54 Å². The quantitative estimate of drug-likeness (QED) is 0.550. The van der Waals surface area contributed by atoms with Crippen molar-refractivity contribution in [2.24, 2.45) is 5.92 Å². The molecule has 0 aliphatic heterocycles. The van der Waals surface area contributed by atoms with Gasteiger partial charge in [0.15, 0.2) is 0 Å². The van der Waals surface area contributed by atoms with Gasteiger partial charge in [-0.15, -0.1) is 0 Å². The zero-order chi connectivity index (χ0) is 15.2. The van der Waals surface area contributed by atoms with Crippen LogP contribution in [0.1, 0.15) is 59.8 Å². The smallest absolute Gasteiger partial charge is 0.326 e. The van der Waals surface area contributed by atoms with Gasteiger partial charge in [-0.25, -0.2) is 0 Å². The fourth-order valence-corrected chi connectivity index (χ4v) is 3.01. The molecule has 1 fully saturated rings. The molecular weight excluding hydrogens is 254 g/mol. The van der Waals surface area contributed by atoms with E-state index in [1.165, 1.54) is 13.5 Å². The van der Waals surface area contributed by atoms with E-state index in [-0.39, 0.29) is 18.1 Å². The van der Waals surface area contributed by atoms with E-state index in [2.05, 4.69) is 33.0 Å². The molecule has 0 radical (unpaired) electrons. The summed E-state index contributed by atoms with van der Waals surface area (Å²) in [5, 5.41) is 3.39. The summed E-state index contributed by atoms with van der Waals surface area (Å²) in [5.41, 5.74) is -0.550. The van der Waals surface area contributed by atoms with E-state index in [0.717, 1.165) is 38.2 Å². The summed E-state index contributed by atoms with van der Waals surface area (Å²) >= 11 is 0. The van der Waals surface area contributed by atoms with Crippen LogP contribution in [0.2, 0.25) is 0 Å². The molecule has 4 nitrogen and oxygen atoms in total. The molecule has 1 N–H and O–H groups in total. The molecule has 2 unspecified atom stereocenters. The summed E-state index contributed by atoms with van der Waals surface area (Å²) in [6, 6.07) is 0.258. The SMILES string of the molecule is COC(=O)C1(NC(C)C)CCC(OCCCC(C)C)C1. The molecule has 0 amide bonds. The Balaban J connectivity index is 2.46. The average molecular weight is 285 g/mol. The molecule has 2 atom stereocenters. The number of hydrogen-bond acceptors (Lipinski definition) is 4. The van der Waals surface area contributed by atoms with Gasteiger partial charge in [-0.2, -0.15) is 0 Å². The number of esters is 1. The molecule has 20 heavy (non-hydrogen) atoms. The normalized spacial score (nSPS) is 26.4. The lowest BCUT2D eigenvalue weighted by Gasteiger charge is -2.30. The zero-order valence-corrected chi connectivity index (χ0v) is 13.7. The maximum atomic E-state index is 12.1. The Hall–Kier alpha value is -0.610. The van der Waals surface area contributed by atoms with Gasteiger partial charge < -0.3 is 9.47 Å². The van der Waals surface area contributed by atoms with Crippen molar-refractivity contribution in [1.82, 2.24) is 5.32 Å². The van der Waals surface area contributed by atoms with Crippen LogP contribution in [0.5, 0.6) is 0 Å². The minimum absolute atomic E-state index is 0.153. The van der Waals surface area contributed by atoms with Crippen LogP contribution in [0.3, 0.4) is 0 Å². The maximum Gasteiger partial charge on any atom is 0.326 e. The van der Waals surface area contributed by atoms with Crippen LogP contribution in [-0.2, 0) is 14.3 Å². The molecule has 4 heteroatoms. The topological polar surface area (TPSA) is 47.6 Å². The second kappa shape index (κ2) is 7.99. The lowest BCUT2D eigenvalue weighted by atomic mass is 9.96. The first-order chi connectivity index (χ1) is 9.39. The van der Waals surface area contributed by atoms with Gasteiger partial charge in [0.2, 0.25) is 0 Å². The highest BCUT2D eigenvalue weighted by Gasteiger charge is 2.46. The highest BCUT2D eigenvalue weighted by molar-refractivity contribution is 5.81. The third-order valence-corrected chi connectivity index (χ3v) is 3.89. The number of carbonyl (C=O) groups is 1. The zero-order valence-electron chi connectivity index (χ0n) is 13.7. The van der Waals surface area contributed by atoms with Crippen molar-refractivity contribution < 1.29 is 14.3 Å². The van der Waals surface area contributed by atoms with Crippen molar-refractivity contribution in [3.8, 4) is 0 Å². The molecule has 1 rings (SSSR count). The second-order valence-electron chi connectivity index (χ2n) is 6.64. The fourth-order valence-electron chi connectivity index (χ4n) is 3.01. The maximum absolute atomic E-state index is 12.1. The lowest BCUT2D eigenvalue weighted by molar-refractivity contribution is -0.149.